The highest BCUT2D eigenvalue weighted by atomic mass is 19.1. The maximum atomic E-state index is 14.8. The van der Waals surface area contributed by atoms with Gasteiger partial charge >= 0.3 is 0 Å². The van der Waals surface area contributed by atoms with E-state index in [-0.39, 0.29) is 28.5 Å². The second-order valence-electron chi connectivity index (χ2n) is 8.78. The molecule has 37 heavy (non-hydrogen) atoms. The molecule has 0 atom stereocenters. The Labute approximate surface area is 212 Å². The summed E-state index contributed by atoms with van der Waals surface area (Å²) in [5.41, 5.74) is 0.879. The number of carbonyl (C=O) groups excluding carboxylic acids is 2. The number of aryl methyl sites for hydroxylation is 1. The van der Waals surface area contributed by atoms with Crippen LogP contribution >= 0.6 is 0 Å². The van der Waals surface area contributed by atoms with E-state index in [2.05, 4.69) is 30.6 Å². The average molecular weight is 503 g/mol. The van der Waals surface area contributed by atoms with Gasteiger partial charge in [0.2, 0.25) is 0 Å². The lowest BCUT2D eigenvalue weighted by Crippen LogP contribution is -2.19. The number of rotatable bonds is 6. The van der Waals surface area contributed by atoms with Gasteiger partial charge in [-0.1, -0.05) is 0 Å². The summed E-state index contributed by atoms with van der Waals surface area (Å²) in [5.74, 6) is -1.24. The number of pyridine rings is 2. The van der Waals surface area contributed by atoms with Crippen LogP contribution in [0.25, 0.3) is 22.6 Å². The van der Waals surface area contributed by atoms with Crippen LogP contribution in [-0.4, -0.2) is 38.8 Å². The van der Waals surface area contributed by atoms with E-state index in [4.69, 9.17) is 0 Å². The van der Waals surface area contributed by atoms with Crippen molar-refractivity contribution in [2.75, 3.05) is 12.4 Å². The minimum Gasteiger partial charge on any atom is -0.354 e. The molecule has 188 valence electrons. The summed E-state index contributed by atoms with van der Waals surface area (Å²) < 4.78 is 29.1. The Bertz CT molecular complexity index is 1500. The Kier molecular flexibility index (Phi) is 7.01. The van der Waals surface area contributed by atoms with Crippen LogP contribution in [0.3, 0.4) is 0 Å². The van der Waals surface area contributed by atoms with Gasteiger partial charge in [-0.25, -0.2) is 18.7 Å². The van der Waals surface area contributed by atoms with Gasteiger partial charge in [-0.2, -0.15) is 0 Å². The van der Waals surface area contributed by atoms with Crippen LogP contribution < -0.4 is 10.6 Å². The van der Waals surface area contributed by atoms with Crippen LogP contribution in [0.15, 0.2) is 61.1 Å². The summed E-state index contributed by atoms with van der Waals surface area (Å²) in [6, 6.07) is 10.5. The lowest BCUT2D eigenvalue weighted by molar-refractivity contribution is 0.0957. The SMILES string of the molecule is CNC(=O)c1cc(-c2nccc(-c3cc(NC(=O)c4ccnc(C(C)(C)F)c4)c(F)cc3C)n2)ccn1. The molecular formula is C27H24F2N6O2. The molecule has 0 aliphatic rings. The summed E-state index contributed by atoms with van der Waals surface area (Å²) in [6.45, 7) is 4.40. The standard InChI is InChI=1S/C27H24F2N6O2/c1-15-11-19(28)21(35-25(36)17-6-9-32-23(13-17)27(2,3)29)14-18(15)20-7-10-33-24(34-20)16-5-8-31-22(12-16)26(37)30-4/h5-14H,1-4H3,(H,30,37)(H,35,36). The number of benzene rings is 1. The Morgan fingerprint density at radius 1 is 0.919 bits per heavy atom. The summed E-state index contributed by atoms with van der Waals surface area (Å²) in [6.07, 6.45) is 4.37. The van der Waals surface area contributed by atoms with E-state index in [1.807, 2.05) is 0 Å². The first-order valence-electron chi connectivity index (χ1n) is 11.4. The topological polar surface area (TPSA) is 110 Å². The highest BCUT2D eigenvalue weighted by molar-refractivity contribution is 6.04. The third-order valence-corrected chi connectivity index (χ3v) is 5.60. The zero-order valence-corrected chi connectivity index (χ0v) is 20.6. The Hall–Kier alpha value is -4.60. The van der Waals surface area contributed by atoms with E-state index in [1.165, 1.54) is 57.6 Å². The number of nitrogens with one attached hydrogen (secondary N) is 2. The molecule has 8 nitrogen and oxygen atoms in total. The van der Waals surface area contributed by atoms with Crippen molar-refractivity contribution >= 4 is 17.5 Å². The molecule has 0 fully saturated rings. The molecule has 4 aromatic rings. The number of carbonyl (C=O) groups is 2. The molecule has 10 heteroatoms. The van der Waals surface area contributed by atoms with Gasteiger partial charge in [-0.3, -0.25) is 19.6 Å². The first-order valence-corrected chi connectivity index (χ1v) is 11.4. The lowest BCUT2D eigenvalue weighted by Gasteiger charge is -2.15. The first-order chi connectivity index (χ1) is 17.6. The smallest absolute Gasteiger partial charge is 0.269 e. The van der Waals surface area contributed by atoms with E-state index < -0.39 is 17.4 Å². The van der Waals surface area contributed by atoms with Crippen molar-refractivity contribution < 1.29 is 18.4 Å². The number of halogens is 2. The van der Waals surface area contributed by atoms with Crippen molar-refractivity contribution in [2.45, 2.75) is 26.4 Å². The number of amides is 2. The van der Waals surface area contributed by atoms with Gasteiger partial charge in [0.1, 0.15) is 17.2 Å². The molecule has 1 aromatic carbocycles. The number of nitrogens with zero attached hydrogens (tertiary/aromatic N) is 4. The van der Waals surface area contributed by atoms with E-state index in [0.717, 1.165) is 0 Å². The summed E-state index contributed by atoms with van der Waals surface area (Å²) in [4.78, 5) is 41.7. The minimum atomic E-state index is -1.74. The van der Waals surface area contributed by atoms with Crippen LogP contribution in [0.1, 0.15) is 46.0 Å². The predicted octanol–water partition coefficient (Wildman–Crippen LogP) is 4.86. The molecule has 3 aromatic heterocycles. The molecule has 0 spiro atoms. The van der Waals surface area contributed by atoms with Gasteiger partial charge < -0.3 is 10.6 Å². The quantitative estimate of drug-likeness (QED) is 0.390. The minimum absolute atomic E-state index is 0.0607. The molecule has 0 bridgehead atoms. The van der Waals surface area contributed by atoms with Crippen LogP contribution in [0.5, 0.6) is 0 Å². The summed E-state index contributed by atoms with van der Waals surface area (Å²) >= 11 is 0. The predicted molar refractivity (Wildman–Crippen MR) is 135 cm³/mol. The van der Waals surface area contributed by atoms with Crippen molar-refractivity contribution in [1.82, 2.24) is 25.3 Å². The van der Waals surface area contributed by atoms with Crippen molar-refractivity contribution in [3.05, 3.63) is 89.4 Å². The van der Waals surface area contributed by atoms with Crippen molar-refractivity contribution in [1.29, 1.82) is 0 Å². The fourth-order valence-electron chi connectivity index (χ4n) is 3.61. The van der Waals surface area contributed by atoms with E-state index >= 15 is 0 Å². The fourth-order valence-corrected chi connectivity index (χ4v) is 3.61. The van der Waals surface area contributed by atoms with Gasteiger partial charge in [0, 0.05) is 42.3 Å². The Balaban J connectivity index is 1.67. The number of hydrogen-bond acceptors (Lipinski definition) is 6. The number of hydrogen-bond donors (Lipinski definition) is 2. The maximum Gasteiger partial charge on any atom is 0.269 e. The van der Waals surface area contributed by atoms with Crippen LogP contribution in [0, 0.1) is 12.7 Å². The fraction of sp³-hybridized carbons (Fsp3) is 0.185. The third-order valence-electron chi connectivity index (χ3n) is 5.60. The van der Waals surface area contributed by atoms with Crippen molar-refractivity contribution in [3.63, 3.8) is 0 Å². The molecule has 0 aliphatic carbocycles. The first kappa shape index (κ1) is 25.5. The van der Waals surface area contributed by atoms with E-state index in [9.17, 15) is 18.4 Å². The normalized spacial score (nSPS) is 11.2. The number of anilines is 1. The third kappa shape index (κ3) is 5.64. The lowest BCUT2D eigenvalue weighted by atomic mass is 10.0. The second-order valence-corrected chi connectivity index (χ2v) is 8.78. The van der Waals surface area contributed by atoms with E-state index in [0.29, 0.717) is 28.2 Å². The largest absolute Gasteiger partial charge is 0.354 e. The van der Waals surface area contributed by atoms with Gasteiger partial charge in [0.25, 0.3) is 11.8 Å². The molecule has 0 radical (unpaired) electrons. The molecule has 2 amide bonds. The van der Waals surface area contributed by atoms with Gasteiger partial charge in [0.15, 0.2) is 5.82 Å². The maximum absolute atomic E-state index is 14.8. The molecule has 0 saturated carbocycles. The monoisotopic (exact) mass is 502 g/mol. The molecule has 3 heterocycles. The van der Waals surface area contributed by atoms with Gasteiger partial charge in [-0.15, -0.1) is 0 Å². The van der Waals surface area contributed by atoms with Crippen LogP contribution in [0.2, 0.25) is 0 Å². The highest BCUT2D eigenvalue weighted by Gasteiger charge is 2.22. The molecule has 0 aliphatic heterocycles. The summed E-state index contributed by atoms with van der Waals surface area (Å²) in [5, 5.41) is 5.07. The summed E-state index contributed by atoms with van der Waals surface area (Å²) in [7, 11) is 1.51. The average Bonchev–Trinajstić information content (AvgIpc) is 2.89. The zero-order chi connectivity index (χ0) is 26.7. The van der Waals surface area contributed by atoms with Crippen LogP contribution in [-0.2, 0) is 5.67 Å². The van der Waals surface area contributed by atoms with Gasteiger partial charge in [0.05, 0.1) is 17.1 Å². The van der Waals surface area contributed by atoms with Crippen LogP contribution in [0.4, 0.5) is 14.5 Å². The van der Waals surface area contributed by atoms with E-state index in [1.54, 1.807) is 31.3 Å². The number of aromatic nitrogens is 4. The molecule has 0 unspecified atom stereocenters. The zero-order valence-electron chi connectivity index (χ0n) is 20.6. The number of alkyl halides is 1. The van der Waals surface area contributed by atoms with Crippen molar-refractivity contribution in [2.24, 2.45) is 0 Å². The molecule has 2 N–H and O–H groups in total. The van der Waals surface area contributed by atoms with Gasteiger partial charge in [-0.05, 0) is 68.8 Å². The second kappa shape index (κ2) is 10.2. The Morgan fingerprint density at radius 2 is 1.65 bits per heavy atom. The Morgan fingerprint density at radius 3 is 2.38 bits per heavy atom. The molecular weight excluding hydrogens is 478 g/mol. The van der Waals surface area contributed by atoms with Crippen molar-refractivity contribution in [3.8, 4) is 22.6 Å². The molecule has 4 rings (SSSR count). The highest BCUT2D eigenvalue weighted by Crippen LogP contribution is 2.30. The molecule has 0 saturated heterocycles.